The van der Waals surface area contributed by atoms with E-state index in [1.54, 1.807) is 0 Å². The number of fused-ring (bicyclic) bond motifs is 1. The van der Waals surface area contributed by atoms with Crippen LogP contribution in [0.3, 0.4) is 0 Å². The van der Waals surface area contributed by atoms with Crippen LogP contribution in [0, 0.1) is 13.8 Å². The molecule has 3 rings (SSSR count). The van der Waals surface area contributed by atoms with E-state index >= 15 is 0 Å². The molecular weight excluding hydrogens is 264 g/mol. The van der Waals surface area contributed by atoms with Crippen LogP contribution >= 0.6 is 0 Å². The van der Waals surface area contributed by atoms with Gasteiger partial charge in [-0.3, -0.25) is 0 Å². The van der Waals surface area contributed by atoms with Crippen LogP contribution in [0.25, 0.3) is 11.0 Å². The minimum Gasteiger partial charge on any atom is -0.490 e. The van der Waals surface area contributed by atoms with Gasteiger partial charge in [0, 0.05) is 5.39 Å². The lowest BCUT2D eigenvalue weighted by Gasteiger charge is -2.11. The van der Waals surface area contributed by atoms with E-state index in [9.17, 15) is 5.11 Å². The van der Waals surface area contributed by atoms with E-state index in [0.29, 0.717) is 5.76 Å². The van der Waals surface area contributed by atoms with Gasteiger partial charge in [0.2, 0.25) is 0 Å². The molecule has 3 aromatic rings. The molecule has 1 unspecified atom stereocenters. The van der Waals surface area contributed by atoms with E-state index in [-0.39, 0.29) is 6.61 Å². The lowest BCUT2D eigenvalue weighted by atomic mass is 10.1. The van der Waals surface area contributed by atoms with Crippen LogP contribution in [0.2, 0.25) is 0 Å². The van der Waals surface area contributed by atoms with Crippen molar-refractivity contribution in [3.8, 4) is 5.75 Å². The van der Waals surface area contributed by atoms with Gasteiger partial charge in [0.1, 0.15) is 29.8 Å². The van der Waals surface area contributed by atoms with E-state index in [2.05, 4.69) is 6.92 Å². The number of para-hydroxylation sites is 1. The highest BCUT2D eigenvalue weighted by Gasteiger charge is 2.14. The van der Waals surface area contributed by atoms with Gasteiger partial charge in [-0.1, -0.05) is 24.3 Å². The number of furan rings is 1. The molecule has 0 aliphatic heterocycles. The fourth-order valence-corrected chi connectivity index (χ4v) is 2.23. The largest absolute Gasteiger partial charge is 0.490 e. The Bertz CT molecular complexity index is 725. The number of aliphatic hydroxyl groups is 1. The fraction of sp³-hybridized carbons (Fsp3) is 0.222. The molecule has 21 heavy (non-hydrogen) atoms. The molecule has 0 spiro atoms. The fourth-order valence-electron chi connectivity index (χ4n) is 2.23. The number of benzene rings is 2. The standard InChI is InChI=1S/C18H18O3/c1-12-7-8-15(9-13(12)2)20-11-16(19)18-10-14-5-3-4-6-17(14)21-18/h3-10,16,19H,11H2,1-2H3. The first kappa shape index (κ1) is 13.7. The zero-order chi connectivity index (χ0) is 14.8. The molecule has 0 fully saturated rings. The summed E-state index contributed by atoms with van der Waals surface area (Å²) in [5.74, 6) is 1.29. The van der Waals surface area contributed by atoms with E-state index < -0.39 is 6.10 Å². The normalized spacial score (nSPS) is 12.5. The molecule has 0 amide bonds. The van der Waals surface area contributed by atoms with Crippen LogP contribution < -0.4 is 4.74 Å². The van der Waals surface area contributed by atoms with Crippen molar-refractivity contribution in [3.63, 3.8) is 0 Å². The lowest BCUT2D eigenvalue weighted by Crippen LogP contribution is -2.08. The highest BCUT2D eigenvalue weighted by atomic mass is 16.5. The highest BCUT2D eigenvalue weighted by Crippen LogP contribution is 2.25. The summed E-state index contributed by atoms with van der Waals surface area (Å²) in [7, 11) is 0. The maximum Gasteiger partial charge on any atom is 0.145 e. The molecule has 3 nitrogen and oxygen atoms in total. The Hall–Kier alpha value is -2.26. The molecule has 1 heterocycles. The average Bonchev–Trinajstić information content (AvgIpc) is 2.92. The zero-order valence-corrected chi connectivity index (χ0v) is 12.2. The van der Waals surface area contributed by atoms with Crippen LogP contribution in [-0.2, 0) is 0 Å². The highest BCUT2D eigenvalue weighted by molar-refractivity contribution is 5.77. The molecule has 1 aromatic heterocycles. The summed E-state index contributed by atoms with van der Waals surface area (Å²) < 4.78 is 11.3. The molecule has 0 saturated heterocycles. The van der Waals surface area contributed by atoms with Gasteiger partial charge < -0.3 is 14.3 Å². The molecular formula is C18H18O3. The van der Waals surface area contributed by atoms with Crippen LogP contribution in [0.1, 0.15) is 23.0 Å². The molecule has 0 saturated carbocycles. The number of hydrogen-bond acceptors (Lipinski definition) is 3. The number of hydrogen-bond donors (Lipinski definition) is 1. The van der Waals surface area contributed by atoms with Crippen molar-refractivity contribution in [2.24, 2.45) is 0 Å². The van der Waals surface area contributed by atoms with Gasteiger partial charge in [0.25, 0.3) is 0 Å². The predicted molar refractivity (Wildman–Crippen MR) is 82.6 cm³/mol. The summed E-state index contributed by atoms with van der Waals surface area (Å²) in [6.45, 7) is 4.27. The smallest absolute Gasteiger partial charge is 0.145 e. The second kappa shape index (κ2) is 5.62. The van der Waals surface area contributed by atoms with Crippen molar-refractivity contribution in [1.29, 1.82) is 0 Å². The maximum atomic E-state index is 10.2. The maximum absolute atomic E-state index is 10.2. The van der Waals surface area contributed by atoms with Gasteiger partial charge in [-0.2, -0.15) is 0 Å². The zero-order valence-electron chi connectivity index (χ0n) is 12.2. The second-order valence-corrected chi connectivity index (χ2v) is 5.26. The average molecular weight is 282 g/mol. The van der Waals surface area contributed by atoms with Crippen molar-refractivity contribution < 1.29 is 14.3 Å². The Morgan fingerprint density at radius 1 is 1.05 bits per heavy atom. The minimum absolute atomic E-state index is 0.169. The third-order valence-corrected chi connectivity index (χ3v) is 3.66. The van der Waals surface area contributed by atoms with Gasteiger partial charge in [-0.05, 0) is 49.2 Å². The Balaban J connectivity index is 1.70. The van der Waals surface area contributed by atoms with E-state index in [1.165, 1.54) is 11.1 Å². The van der Waals surface area contributed by atoms with Crippen molar-refractivity contribution in [1.82, 2.24) is 0 Å². The second-order valence-electron chi connectivity index (χ2n) is 5.26. The molecule has 1 atom stereocenters. The van der Waals surface area contributed by atoms with Crippen LogP contribution in [0.15, 0.2) is 52.9 Å². The van der Waals surface area contributed by atoms with Gasteiger partial charge >= 0.3 is 0 Å². The third kappa shape index (κ3) is 2.93. The topological polar surface area (TPSA) is 42.6 Å². The van der Waals surface area contributed by atoms with E-state index in [0.717, 1.165) is 16.7 Å². The summed E-state index contributed by atoms with van der Waals surface area (Å²) in [4.78, 5) is 0. The Labute approximate surface area is 123 Å². The first-order valence-electron chi connectivity index (χ1n) is 7.00. The number of ether oxygens (including phenoxy) is 1. The monoisotopic (exact) mass is 282 g/mol. The summed E-state index contributed by atoms with van der Waals surface area (Å²) in [6, 6.07) is 15.4. The van der Waals surface area contributed by atoms with Gasteiger partial charge in [-0.15, -0.1) is 0 Å². The number of rotatable bonds is 4. The van der Waals surface area contributed by atoms with E-state index in [4.69, 9.17) is 9.15 Å². The van der Waals surface area contributed by atoms with Crippen molar-refractivity contribution in [3.05, 3.63) is 65.4 Å². The molecule has 0 bridgehead atoms. The number of aryl methyl sites for hydroxylation is 2. The Morgan fingerprint density at radius 3 is 2.62 bits per heavy atom. The van der Waals surface area contributed by atoms with Gasteiger partial charge in [-0.25, -0.2) is 0 Å². The summed E-state index contributed by atoms with van der Waals surface area (Å²) in [5, 5.41) is 11.2. The summed E-state index contributed by atoms with van der Waals surface area (Å²) in [5.41, 5.74) is 3.17. The molecule has 0 radical (unpaired) electrons. The molecule has 2 aromatic carbocycles. The predicted octanol–water partition coefficient (Wildman–Crippen LogP) is 4.16. The molecule has 0 aliphatic rings. The quantitative estimate of drug-likeness (QED) is 0.781. The Kier molecular flexibility index (Phi) is 3.67. The lowest BCUT2D eigenvalue weighted by molar-refractivity contribution is 0.0903. The van der Waals surface area contributed by atoms with Gasteiger partial charge in [0.15, 0.2) is 0 Å². The van der Waals surface area contributed by atoms with Crippen LogP contribution in [0.4, 0.5) is 0 Å². The van der Waals surface area contributed by atoms with Crippen molar-refractivity contribution >= 4 is 11.0 Å². The Morgan fingerprint density at radius 2 is 1.86 bits per heavy atom. The van der Waals surface area contributed by atoms with Crippen LogP contribution in [0.5, 0.6) is 5.75 Å². The molecule has 108 valence electrons. The minimum atomic E-state index is -0.779. The number of aliphatic hydroxyl groups excluding tert-OH is 1. The van der Waals surface area contributed by atoms with Crippen molar-refractivity contribution in [2.45, 2.75) is 20.0 Å². The first-order valence-corrected chi connectivity index (χ1v) is 7.00. The SMILES string of the molecule is Cc1ccc(OCC(O)c2cc3ccccc3o2)cc1C. The first-order chi connectivity index (χ1) is 10.1. The summed E-state index contributed by atoms with van der Waals surface area (Å²) in [6.07, 6.45) is -0.779. The molecule has 0 aliphatic carbocycles. The molecule has 1 N–H and O–H groups in total. The van der Waals surface area contributed by atoms with Gasteiger partial charge in [0.05, 0.1) is 0 Å². The van der Waals surface area contributed by atoms with Crippen molar-refractivity contribution in [2.75, 3.05) is 6.61 Å². The van der Waals surface area contributed by atoms with Crippen LogP contribution in [-0.4, -0.2) is 11.7 Å². The molecule has 3 heteroatoms. The van der Waals surface area contributed by atoms with E-state index in [1.807, 2.05) is 55.5 Å². The third-order valence-electron chi connectivity index (χ3n) is 3.66. The summed E-state index contributed by atoms with van der Waals surface area (Å²) >= 11 is 0.